The Morgan fingerprint density at radius 2 is 2.14 bits per heavy atom. The van der Waals surface area contributed by atoms with Gasteiger partial charge in [-0.3, -0.25) is 4.79 Å². The summed E-state index contributed by atoms with van der Waals surface area (Å²) in [6, 6.07) is 9.46. The lowest BCUT2D eigenvalue weighted by Gasteiger charge is -2.13. The summed E-state index contributed by atoms with van der Waals surface area (Å²) < 4.78 is 20.9. The molecule has 5 nitrogen and oxygen atoms in total. The quantitative estimate of drug-likeness (QED) is 0.576. The molecule has 0 saturated carbocycles. The Kier molecular flexibility index (Phi) is 6.35. The maximum Gasteiger partial charge on any atom is 0.250 e. The zero-order valence-electron chi connectivity index (χ0n) is 14.1. The molecular weight excluding hydrogens is 472 g/mol. The number of carbonyl (C=O) groups is 1. The smallest absolute Gasteiger partial charge is 0.250 e. The third-order valence-corrected chi connectivity index (χ3v) is 4.98. The molecule has 0 atom stereocenters. The van der Waals surface area contributed by atoms with Crippen LogP contribution in [-0.2, 0) is 11.3 Å². The predicted molar refractivity (Wildman–Crippen MR) is 108 cm³/mol. The minimum atomic E-state index is -0.657. The molecule has 2 aromatic rings. The number of hydrogen-bond donors (Lipinski definition) is 1. The highest BCUT2D eigenvalue weighted by Gasteiger charge is 2.19. The van der Waals surface area contributed by atoms with Crippen LogP contribution >= 0.6 is 39.1 Å². The zero-order valence-corrected chi connectivity index (χ0v) is 17.2. The standard InChI is InChI=1S/C19H11BrCl2FN3O2/c20-15-2-1-11(9-26-19(27)14-3-4-25-18(14)22)16(23)17(15)28-13-6-10(8-24)5-12(21)7-13/h1-2,4-7H,3,9H2,(H,26,27). The second-order valence-electron chi connectivity index (χ2n) is 5.71. The fourth-order valence-corrected chi connectivity index (χ4v) is 3.30. The van der Waals surface area contributed by atoms with Gasteiger partial charge in [-0.25, -0.2) is 9.38 Å². The molecule has 142 valence electrons. The van der Waals surface area contributed by atoms with Gasteiger partial charge in [0, 0.05) is 29.8 Å². The zero-order chi connectivity index (χ0) is 20.3. The fourth-order valence-electron chi connectivity index (χ4n) is 2.46. The molecule has 28 heavy (non-hydrogen) atoms. The first-order chi connectivity index (χ1) is 13.4. The van der Waals surface area contributed by atoms with Crippen molar-refractivity contribution in [2.75, 3.05) is 0 Å². The average Bonchev–Trinajstić information content (AvgIpc) is 3.09. The van der Waals surface area contributed by atoms with Crippen LogP contribution in [0.1, 0.15) is 17.5 Å². The molecule has 1 amide bonds. The van der Waals surface area contributed by atoms with Gasteiger partial charge in [-0.2, -0.15) is 5.26 Å². The highest BCUT2D eigenvalue weighted by molar-refractivity contribution is 9.10. The highest BCUT2D eigenvalue weighted by atomic mass is 79.9. The molecule has 0 aliphatic carbocycles. The number of nitrogens with zero attached hydrogens (tertiary/aromatic N) is 2. The van der Waals surface area contributed by atoms with E-state index in [-0.39, 0.29) is 39.3 Å². The summed E-state index contributed by atoms with van der Waals surface area (Å²) in [7, 11) is 0. The van der Waals surface area contributed by atoms with Crippen LogP contribution < -0.4 is 10.1 Å². The van der Waals surface area contributed by atoms with Crippen molar-refractivity contribution in [3.05, 3.63) is 67.5 Å². The van der Waals surface area contributed by atoms with E-state index in [0.717, 1.165) is 0 Å². The van der Waals surface area contributed by atoms with Crippen molar-refractivity contribution in [3.63, 3.8) is 0 Å². The first kappa shape index (κ1) is 20.3. The summed E-state index contributed by atoms with van der Waals surface area (Å²) in [5, 5.41) is 12.1. The SMILES string of the molecule is N#Cc1cc(Cl)cc(Oc2c(Br)ccc(CNC(=O)C3=C(Cl)N=CC3)c2F)c1. The minimum absolute atomic E-state index is 0.0685. The van der Waals surface area contributed by atoms with E-state index in [1.54, 1.807) is 6.07 Å². The van der Waals surface area contributed by atoms with Gasteiger partial charge in [0.05, 0.1) is 21.7 Å². The lowest BCUT2D eigenvalue weighted by molar-refractivity contribution is -0.117. The summed E-state index contributed by atoms with van der Waals surface area (Å²) in [4.78, 5) is 16.0. The molecular formula is C19H11BrCl2FN3O2. The maximum absolute atomic E-state index is 14.9. The van der Waals surface area contributed by atoms with E-state index < -0.39 is 11.7 Å². The number of ether oxygens (including phenoxy) is 1. The monoisotopic (exact) mass is 481 g/mol. The van der Waals surface area contributed by atoms with Crippen LogP contribution in [0.4, 0.5) is 4.39 Å². The van der Waals surface area contributed by atoms with Crippen molar-refractivity contribution in [2.45, 2.75) is 13.0 Å². The number of hydrogen-bond acceptors (Lipinski definition) is 4. The fraction of sp³-hybridized carbons (Fsp3) is 0.105. The molecule has 0 bridgehead atoms. The molecule has 0 aromatic heterocycles. The number of halogens is 4. The Bertz CT molecular complexity index is 1060. The Hall–Kier alpha value is -2.40. The lowest BCUT2D eigenvalue weighted by Crippen LogP contribution is -2.25. The number of amides is 1. The second-order valence-corrected chi connectivity index (χ2v) is 7.36. The third-order valence-electron chi connectivity index (χ3n) is 3.81. The van der Waals surface area contributed by atoms with E-state index in [1.165, 1.54) is 30.5 Å². The number of benzene rings is 2. The van der Waals surface area contributed by atoms with Crippen molar-refractivity contribution in [2.24, 2.45) is 4.99 Å². The second kappa shape index (κ2) is 8.74. The molecule has 1 aliphatic heterocycles. The van der Waals surface area contributed by atoms with Crippen LogP contribution in [0, 0.1) is 17.1 Å². The Labute approximate surface area is 178 Å². The number of rotatable bonds is 5. The third kappa shape index (κ3) is 4.53. The summed E-state index contributed by atoms with van der Waals surface area (Å²) in [6.07, 6.45) is 1.86. The molecule has 1 aliphatic rings. The van der Waals surface area contributed by atoms with E-state index in [0.29, 0.717) is 16.5 Å². The first-order valence-electron chi connectivity index (χ1n) is 7.94. The van der Waals surface area contributed by atoms with Crippen LogP contribution in [0.15, 0.2) is 50.5 Å². The maximum atomic E-state index is 14.9. The topological polar surface area (TPSA) is 74.5 Å². The van der Waals surface area contributed by atoms with E-state index in [1.807, 2.05) is 6.07 Å². The minimum Gasteiger partial charge on any atom is -0.453 e. The van der Waals surface area contributed by atoms with Crippen molar-refractivity contribution in [1.82, 2.24) is 5.32 Å². The lowest BCUT2D eigenvalue weighted by atomic mass is 10.1. The van der Waals surface area contributed by atoms with Crippen molar-refractivity contribution in [1.29, 1.82) is 5.26 Å². The normalized spacial score (nSPS) is 12.8. The van der Waals surface area contributed by atoms with Crippen LogP contribution in [0.5, 0.6) is 11.5 Å². The van der Waals surface area contributed by atoms with Gasteiger partial charge in [0.1, 0.15) is 10.9 Å². The Morgan fingerprint density at radius 1 is 1.36 bits per heavy atom. The highest BCUT2D eigenvalue weighted by Crippen LogP contribution is 2.35. The molecule has 0 unspecified atom stereocenters. The Morgan fingerprint density at radius 3 is 2.82 bits per heavy atom. The van der Waals surface area contributed by atoms with Gasteiger partial charge in [0.2, 0.25) is 0 Å². The van der Waals surface area contributed by atoms with Crippen LogP contribution in [-0.4, -0.2) is 12.1 Å². The van der Waals surface area contributed by atoms with Crippen LogP contribution in [0.25, 0.3) is 0 Å². The van der Waals surface area contributed by atoms with Gasteiger partial charge in [-0.15, -0.1) is 0 Å². The molecule has 0 saturated heterocycles. The molecule has 1 N–H and O–H groups in total. The van der Waals surface area contributed by atoms with Crippen molar-refractivity contribution >= 4 is 51.3 Å². The van der Waals surface area contributed by atoms with E-state index >= 15 is 0 Å². The van der Waals surface area contributed by atoms with E-state index in [2.05, 4.69) is 26.2 Å². The summed E-state index contributed by atoms with van der Waals surface area (Å²) in [5.41, 5.74) is 0.828. The van der Waals surface area contributed by atoms with Gasteiger partial charge in [-0.05, 0) is 40.2 Å². The molecule has 0 spiro atoms. The van der Waals surface area contributed by atoms with Gasteiger partial charge in [0.15, 0.2) is 11.6 Å². The molecule has 9 heteroatoms. The van der Waals surface area contributed by atoms with Gasteiger partial charge in [0.25, 0.3) is 5.91 Å². The average molecular weight is 483 g/mol. The molecule has 0 fully saturated rings. The Balaban J connectivity index is 1.81. The van der Waals surface area contributed by atoms with Gasteiger partial charge >= 0.3 is 0 Å². The largest absolute Gasteiger partial charge is 0.453 e. The van der Waals surface area contributed by atoms with Crippen molar-refractivity contribution in [3.8, 4) is 17.6 Å². The van der Waals surface area contributed by atoms with Crippen molar-refractivity contribution < 1.29 is 13.9 Å². The number of aliphatic imine (C=N–C) groups is 1. The summed E-state index contributed by atoms with van der Waals surface area (Å²) in [5.74, 6) is -0.944. The van der Waals surface area contributed by atoms with Gasteiger partial charge in [-0.1, -0.05) is 29.3 Å². The van der Waals surface area contributed by atoms with Crippen LogP contribution in [0.3, 0.4) is 0 Å². The first-order valence-corrected chi connectivity index (χ1v) is 9.48. The molecule has 3 rings (SSSR count). The summed E-state index contributed by atoms with van der Waals surface area (Å²) in [6.45, 7) is -0.0685. The number of carbonyl (C=O) groups excluding carboxylic acids is 1. The van der Waals surface area contributed by atoms with E-state index in [4.69, 9.17) is 33.2 Å². The van der Waals surface area contributed by atoms with Crippen LogP contribution in [0.2, 0.25) is 5.02 Å². The molecule has 0 radical (unpaired) electrons. The molecule has 2 aromatic carbocycles. The summed E-state index contributed by atoms with van der Waals surface area (Å²) >= 11 is 15.0. The number of nitriles is 1. The predicted octanol–water partition coefficient (Wildman–Crippen LogP) is 5.45. The number of nitrogens with one attached hydrogen (secondary N) is 1. The molecule has 1 heterocycles. The van der Waals surface area contributed by atoms with Gasteiger partial charge < -0.3 is 10.1 Å². The van der Waals surface area contributed by atoms with E-state index in [9.17, 15) is 9.18 Å².